The Labute approximate surface area is 119 Å². The zero-order valence-electron chi connectivity index (χ0n) is 11.2. The Morgan fingerprint density at radius 1 is 0.900 bits per heavy atom. The Morgan fingerprint density at radius 3 is 2.75 bits per heavy atom. The summed E-state index contributed by atoms with van der Waals surface area (Å²) < 4.78 is 0. The van der Waals surface area contributed by atoms with E-state index in [0.717, 1.165) is 18.4 Å². The molecule has 0 saturated heterocycles. The number of hydrogen-bond donors (Lipinski definition) is 0. The molecule has 0 fully saturated rings. The molecule has 0 saturated carbocycles. The molecule has 0 spiro atoms. The van der Waals surface area contributed by atoms with Gasteiger partial charge in [0.05, 0.1) is 0 Å². The van der Waals surface area contributed by atoms with Crippen LogP contribution in [0.4, 0.5) is 0 Å². The largest absolute Gasteiger partial charge is 0.268 e. The predicted octanol–water partition coefficient (Wildman–Crippen LogP) is 4.43. The maximum Gasteiger partial charge on any atom is 0.0343 e. The maximum absolute atomic E-state index is 4.29. The van der Waals surface area contributed by atoms with Crippen LogP contribution in [0.5, 0.6) is 0 Å². The van der Waals surface area contributed by atoms with Crippen molar-refractivity contribution >= 4 is 23.6 Å². The van der Waals surface area contributed by atoms with E-state index in [-0.39, 0.29) is 0 Å². The standard InChI is InChI=1S/C18H16N2/c1-3-10-19-13-17(6-1)15-8-5-9-16(12-15)18-7-2-4-11-20-14-18/h1,4-14H,2-3H2. The van der Waals surface area contributed by atoms with Crippen molar-refractivity contribution in [2.75, 3.05) is 0 Å². The van der Waals surface area contributed by atoms with Crippen LogP contribution in [0.15, 0.2) is 71.0 Å². The summed E-state index contributed by atoms with van der Waals surface area (Å²) in [5.41, 5.74) is 4.69. The van der Waals surface area contributed by atoms with Crippen molar-refractivity contribution in [2.24, 2.45) is 9.98 Å². The molecule has 3 rings (SSSR count). The summed E-state index contributed by atoms with van der Waals surface area (Å²) in [5, 5.41) is 0. The van der Waals surface area contributed by atoms with Gasteiger partial charge < -0.3 is 0 Å². The van der Waals surface area contributed by atoms with Crippen LogP contribution in [0.1, 0.15) is 24.0 Å². The second-order valence-electron chi connectivity index (χ2n) is 4.69. The summed E-state index contributed by atoms with van der Waals surface area (Å²) in [6.07, 6.45) is 17.9. The molecule has 2 aliphatic rings. The van der Waals surface area contributed by atoms with Gasteiger partial charge in [-0.3, -0.25) is 9.98 Å². The average molecular weight is 260 g/mol. The molecular formula is C18H16N2. The van der Waals surface area contributed by atoms with Gasteiger partial charge in [0, 0.05) is 31.2 Å². The molecule has 0 aromatic heterocycles. The van der Waals surface area contributed by atoms with Crippen LogP contribution in [0.2, 0.25) is 0 Å². The molecule has 2 heterocycles. The van der Waals surface area contributed by atoms with Gasteiger partial charge in [-0.1, -0.05) is 42.5 Å². The lowest BCUT2D eigenvalue weighted by Gasteiger charge is -2.06. The number of nitrogens with zero attached hydrogens (tertiary/aromatic N) is 2. The molecule has 0 amide bonds. The molecular weight excluding hydrogens is 244 g/mol. The lowest BCUT2D eigenvalue weighted by Crippen LogP contribution is -1.88. The van der Waals surface area contributed by atoms with Gasteiger partial charge in [0.1, 0.15) is 0 Å². The quantitative estimate of drug-likeness (QED) is 0.751. The summed E-state index contributed by atoms with van der Waals surface area (Å²) >= 11 is 0. The first-order chi connectivity index (χ1) is 9.93. The third-order valence-corrected chi connectivity index (χ3v) is 3.27. The fourth-order valence-corrected chi connectivity index (χ4v) is 2.23. The minimum atomic E-state index is 0.892. The first-order valence-corrected chi connectivity index (χ1v) is 6.81. The molecule has 0 aliphatic carbocycles. The third-order valence-electron chi connectivity index (χ3n) is 3.27. The van der Waals surface area contributed by atoms with Gasteiger partial charge in [-0.05, 0) is 34.8 Å². The van der Waals surface area contributed by atoms with Crippen molar-refractivity contribution in [2.45, 2.75) is 12.8 Å². The van der Waals surface area contributed by atoms with E-state index in [1.807, 2.05) is 24.8 Å². The number of allylic oxidation sites excluding steroid dienone is 6. The average Bonchev–Trinajstić information content (AvgIpc) is 2.92. The molecule has 0 radical (unpaired) electrons. The van der Waals surface area contributed by atoms with Gasteiger partial charge in [-0.15, -0.1) is 0 Å². The molecule has 20 heavy (non-hydrogen) atoms. The number of benzene rings is 1. The highest BCUT2D eigenvalue weighted by molar-refractivity contribution is 6.10. The highest BCUT2D eigenvalue weighted by Crippen LogP contribution is 2.23. The lowest BCUT2D eigenvalue weighted by atomic mass is 9.99. The monoisotopic (exact) mass is 260 g/mol. The van der Waals surface area contributed by atoms with Crippen molar-refractivity contribution in [1.82, 2.24) is 0 Å². The van der Waals surface area contributed by atoms with E-state index in [9.17, 15) is 0 Å². The Balaban J connectivity index is 1.96. The van der Waals surface area contributed by atoms with E-state index < -0.39 is 0 Å². The molecule has 1 aromatic carbocycles. The van der Waals surface area contributed by atoms with Crippen LogP contribution in [0.25, 0.3) is 11.1 Å². The molecule has 2 aliphatic heterocycles. The van der Waals surface area contributed by atoms with Crippen LogP contribution in [0.3, 0.4) is 0 Å². The van der Waals surface area contributed by atoms with Gasteiger partial charge in [-0.25, -0.2) is 0 Å². The summed E-state index contributed by atoms with van der Waals surface area (Å²) in [6, 6.07) is 8.52. The first kappa shape index (κ1) is 12.5. The Morgan fingerprint density at radius 2 is 1.80 bits per heavy atom. The highest BCUT2D eigenvalue weighted by atomic mass is 14.7. The number of hydrogen-bond acceptors (Lipinski definition) is 2. The summed E-state index contributed by atoms with van der Waals surface area (Å²) in [5.74, 6) is 0. The van der Waals surface area contributed by atoms with Crippen molar-refractivity contribution in [1.29, 1.82) is 0 Å². The van der Waals surface area contributed by atoms with E-state index in [2.05, 4.69) is 58.6 Å². The molecule has 0 atom stereocenters. The normalized spacial score (nSPS) is 17.4. The predicted molar refractivity (Wildman–Crippen MR) is 86.9 cm³/mol. The van der Waals surface area contributed by atoms with Crippen LogP contribution < -0.4 is 0 Å². The second-order valence-corrected chi connectivity index (χ2v) is 4.69. The molecule has 1 aromatic rings. The highest BCUT2D eigenvalue weighted by Gasteiger charge is 2.04. The van der Waals surface area contributed by atoms with E-state index in [0.29, 0.717) is 0 Å². The zero-order valence-corrected chi connectivity index (χ0v) is 11.2. The SMILES string of the molecule is C1=CN=CC(c2cccc(C3=CN=CCC=C3)c2)=CC1. The molecule has 98 valence electrons. The molecule has 0 N–H and O–H groups in total. The minimum Gasteiger partial charge on any atom is -0.268 e. The van der Waals surface area contributed by atoms with Gasteiger partial charge in [0.15, 0.2) is 0 Å². The van der Waals surface area contributed by atoms with Crippen molar-refractivity contribution < 1.29 is 0 Å². The summed E-state index contributed by atoms with van der Waals surface area (Å²) in [7, 11) is 0. The molecule has 2 heteroatoms. The fraction of sp³-hybridized carbons (Fsp3) is 0.111. The summed E-state index contributed by atoms with van der Waals surface area (Å²) in [4.78, 5) is 8.55. The fourth-order valence-electron chi connectivity index (χ4n) is 2.23. The Kier molecular flexibility index (Phi) is 3.83. The van der Waals surface area contributed by atoms with Gasteiger partial charge >= 0.3 is 0 Å². The first-order valence-electron chi connectivity index (χ1n) is 6.81. The van der Waals surface area contributed by atoms with Crippen LogP contribution in [-0.2, 0) is 0 Å². The van der Waals surface area contributed by atoms with Crippen LogP contribution in [-0.4, -0.2) is 12.4 Å². The lowest BCUT2D eigenvalue weighted by molar-refractivity contribution is 1.38. The van der Waals surface area contributed by atoms with Crippen molar-refractivity contribution in [3.63, 3.8) is 0 Å². The Bertz CT molecular complexity index is 670. The van der Waals surface area contributed by atoms with Gasteiger partial charge in [-0.2, -0.15) is 0 Å². The third kappa shape index (κ3) is 2.91. The van der Waals surface area contributed by atoms with Gasteiger partial charge in [0.2, 0.25) is 0 Å². The van der Waals surface area contributed by atoms with Crippen LogP contribution >= 0.6 is 0 Å². The minimum absolute atomic E-state index is 0.892. The Hall–Kier alpha value is -2.48. The molecule has 2 nitrogen and oxygen atoms in total. The van der Waals surface area contributed by atoms with E-state index in [1.54, 1.807) is 0 Å². The van der Waals surface area contributed by atoms with Crippen LogP contribution in [0, 0.1) is 0 Å². The molecule has 0 unspecified atom stereocenters. The van der Waals surface area contributed by atoms with E-state index >= 15 is 0 Å². The second kappa shape index (κ2) is 6.11. The van der Waals surface area contributed by atoms with E-state index in [4.69, 9.17) is 0 Å². The molecule has 0 bridgehead atoms. The number of rotatable bonds is 2. The number of aliphatic imine (C=N–C) groups is 2. The smallest absolute Gasteiger partial charge is 0.0343 e. The van der Waals surface area contributed by atoms with E-state index in [1.165, 1.54) is 16.7 Å². The van der Waals surface area contributed by atoms with Crippen molar-refractivity contribution in [3.05, 3.63) is 72.1 Å². The van der Waals surface area contributed by atoms with Crippen molar-refractivity contribution in [3.8, 4) is 0 Å². The topological polar surface area (TPSA) is 24.7 Å². The van der Waals surface area contributed by atoms with Gasteiger partial charge in [0.25, 0.3) is 0 Å². The zero-order chi connectivity index (χ0) is 13.6. The maximum atomic E-state index is 4.29. The summed E-state index contributed by atoms with van der Waals surface area (Å²) in [6.45, 7) is 0.